The summed E-state index contributed by atoms with van der Waals surface area (Å²) in [6.45, 7) is -0.0691. The Hall–Kier alpha value is -0.810. The van der Waals surface area contributed by atoms with Gasteiger partial charge in [0.05, 0.1) is 10.6 Å². The van der Waals surface area contributed by atoms with Gasteiger partial charge in [-0.25, -0.2) is 4.39 Å². The molecule has 0 aliphatic rings. The Labute approximate surface area is 88.8 Å². The fourth-order valence-electron chi connectivity index (χ4n) is 1.25. The van der Waals surface area contributed by atoms with Gasteiger partial charge in [-0.3, -0.25) is 0 Å². The highest BCUT2D eigenvalue weighted by Crippen LogP contribution is 2.35. The molecular formula is C9H8ClF4N. The highest BCUT2D eigenvalue weighted by Gasteiger charge is 2.34. The maximum absolute atomic E-state index is 13.3. The van der Waals surface area contributed by atoms with Crippen LogP contribution in [0.4, 0.5) is 17.6 Å². The van der Waals surface area contributed by atoms with Crippen molar-refractivity contribution in [2.24, 2.45) is 5.73 Å². The Morgan fingerprint density at radius 1 is 1.27 bits per heavy atom. The maximum atomic E-state index is 13.3. The number of benzene rings is 1. The molecule has 0 amide bonds. The van der Waals surface area contributed by atoms with Gasteiger partial charge in [0.2, 0.25) is 0 Å². The van der Waals surface area contributed by atoms with E-state index in [1.54, 1.807) is 0 Å². The molecule has 6 heteroatoms. The minimum Gasteiger partial charge on any atom is -0.330 e. The van der Waals surface area contributed by atoms with Crippen LogP contribution in [0.5, 0.6) is 0 Å². The number of hydrogen-bond acceptors (Lipinski definition) is 1. The van der Waals surface area contributed by atoms with Crippen molar-refractivity contribution in [1.29, 1.82) is 0 Å². The topological polar surface area (TPSA) is 26.0 Å². The molecule has 0 spiro atoms. The van der Waals surface area contributed by atoms with Crippen LogP contribution in [0.15, 0.2) is 12.1 Å². The summed E-state index contributed by atoms with van der Waals surface area (Å²) in [4.78, 5) is 0. The first-order valence-electron chi connectivity index (χ1n) is 4.12. The van der Waals surface area contributed by atoms with Gasteiger partial charge in [0, 0.05) is 5.56 Å². The van der Waals surface area contributed by atoms with Gasteiger partial charge in [-0.2, -0.15) is 13.2 Å². The molecule has 84 valence electrons. The molecule has 0 aliphatic heterocycles. The third kappa shape index (κ3) is 2.60. The predicted octanol–water partition coefficient (Wildman–Crippen LogP) is 3.00. The van der Waals surface area contributed by atoms with E-state index in [2.05, 4.69) is 0 Å². The van der Waals surface area contributed by atoms with Gasteiger partial charge in [0.15, 0.2) is 0 Å². The van der Waals surface area contributed by atoms with Crippen molar-refractivity contribution in [1.82, 2.24) is 0 Å². The third-order valence-electron chi connectivity index (χ3n) is 1.90. The first-order chi connectivity index (χ1) is 6.88. The lowest BCUT2D eigenvalue weighted by Crippen LogP contribution is -2.14. The molecule has 0 heterocycles. The molecule has 0 saturated heterocycles. The summed E-state index contributed by atoms with van der Waals surface area (Å²) in [5.41, 5.74) is 3.62. The minimum absolute atomic E-state index is 0.0691. The van der Waals surface area contributed by atoms with E-state index in [1.165, 1.54) is 0 Å². The fourth-order valence-corrected chi connectivity index (χ4v) is 1.42. The van der Waals surface area contributed by atoms with Crippen LogP contribution in [0.1, 0.15) is 11.1 Å². The molecular weight excluding hydrogens is 234 g/mol. The van der Waals surface area contributed by atoms with Crippen LogP contribution in [-0.4, -0.2) is 6.54 Å². The Bertz CT molecular complexity index is 362. The van der Waals surface area contributed by atoms with Gasteiger partial charge >= 0.3 is 6.18 Å². The number of rotatable bonds is 2. The molecule has 15 heavy (non-hydrogen) atoms. The van der Waals surface area contributed by atoms with Crippen molar-refractivity contribution in [3.8, 4) is 0 Å². The van der Waals surface area contributed by atoms with Gasteiger partial charge in [-0.05, 0) is 25.1 Å². The van der Waals surface area contributed by atoms with E-state index in [4.69, 9.17) is 17.3 Å². The van der Waals surface area contributed by atoms with Crippen LogP contribution in [0.2, 0.25) is 5.02 Å². The molecule has 0 fully saturated rings. The monoisotopic (exact) mass is 241 g/mol. The van der Waals surface area contributed by atoms with E-state index >= 15 is 0 Å². The lowest BCUT2D eigenvalue weighted by Gasteiger charge is -2.13. The molecule has 0 atom stereocenters. The second kappa shape index (κ2) is 4.37. The van der Waals surface area contributed by atoms with Crippen molar-refractivity contribution < 1.29 is 17.6 Å². The summed E-state index contributed by atoms with van der Waals surface area (Å²) in [5.74, 6) is -1.04. The number of halogens is 5. The van der Waals surface area contributed by atoms with Crippen LogP contribution in [-0.2, 0) is 12.6 Å². The molecule has 1 aromatic carbocycles. The lowest BCUT2D eigenvalue weighted by molar-refractivity contribution is -0.138. The SMILES string of the molecule is NCCc1c(C(F)(F)F)ccc(Cl)c1F. The van der Waals surface area contributed by atoms with Gasteiger partial charge < -0.3 is 5.73 Å². The molecule has 0 bridgehead atoms. The second-order valence-corrected chi connectivity index (χ2v) is 3.33. The Balaban J connectivity index is 3.33. The van der Waals surface area contributed by atoms with Crippen molar-refractivity contribution in [2.75, 3.05) is 6.54 Å². The first kappa shape index (κ1) is 12.3. The zero-order valence-electron chi connectivity index (χ0n) is 7.54. The normalized spacial score (nSPS) is 11.9. The zero-order chi connectivity index (χ0) is 11.6. The van der Waals surface area contributed by atoms with Crippen LogP contribution < -0.4 is 5.73 Å². The molecule has 1 aromatic rings. The summed E-state index contributed by atoms with van der Waals surface area (Å²) in [6.07, 6.45) is -4.78. The van der Waals surface area contributed by atoms with E-state index in [9.17, 15) is 17.6 Å². The van der Waals surface area contributed by atoms with Gasteiger partial charge in [0.1, 0.15) is 5.82 Å². The Morgan fingerprint density at radius 2 is 1.87 bits per heavy atom. The minimum atomic E-state index is -4.59. The van der Waals surface area contributed by atoms with Crippen LogP contribution >= 0.6 is 11.6 Å². The molecule has 0 radical (unpaired) electrons. The van der Waals surface area contributed by atoms with Gasteiger partial charge in [-0.15, -0.1) is 0 Å². The van der Waals surface area contributed by atoms with Crippen molar-refractivity contribution in [3.63, 3.8) is 0 Å². The van der Waals surface area contributed by atoms with Crippen molar-refractivity contribution >= 4 is 11.6 Å². The van der Waals surface area contributed by atoms with Crippen LogP contribution in [0.25, 0.3) is 0 Å². The molecule has 1 rings (SSSR count). The maximum Gasteiger partial charge on any atom is 0.416 e. The fraction of sp³-hybridized carbons (Fsp3) is 0.333. The standard InChI is InChI=1S/C9H8ClF4N/c10-7-2-1-6(9(12,13)14)5(3-4-15)8(7)11/h1-2H,3-4,15H2. The molecule has 0 aromatic heterocycles. The van der Waals surface area contributed by atoms with Crippen LogP contribution in [0.3, 0.4) is 0 Å². The van der Waals surface area contributed by atoms with Gasteiger partial charge in [-0.1, -0.05) is 11.6 Å². The quantitative estimate of drug-likeness (QED) is 0.792. The molecule has 0 aliphatic carbocycles. The van der Waals surface area contributed by atoms with E-state index in [1.807, 2.05) is 0 Å². The summed E-state index contributed by atoms with van der Waals surface area (Å²) in [7, 11) is 0. The van der Waals surface area contributed by atoms with Crippen molar-refractivity contribution in [2.45, 2.75) is 12.6 Å². The third-order valence-corrected chi connectivity index (χ3v) is 2.19. The summed E-state index contributed by atoms with van der Waals surface area (Å²) in [5, 5.41) is -0.327. The van der Waals surface area contributed by atoms with E-state index in [0.29, 0.717) is 0 Å². The Kier molecular flexibility index (Phi) is 3.57. The molecule has 0 saturated carbocycles. The highest BCUT2D eigenvalue weighted by molar-refractivity contribution is 6.30. The smallest absolute Gasteiger partial charge is 0.330 e. The first-order valence-corrected chi connectivity index (χ1v) is 4.50. The van der Waals surface area contributed by atoms with Crippen molar-refractivity contribution in [3.05, 3.63) is 34.1 Å². The van der Waals surface area contributed by atoms with E-state index in [-0.39, 0.29) is 18.0 Å². The van der Waals surface area contributed by atoms with E-state index in [0.717, 1.165) is 12.1 Å². The molecule has 0 unspecified atom stereocenters. The summed E-state index contributed by atoms with van der Waals surface area (Å²) < 4.78 is 50.6. The summed E-state index contributed by atoms with van der Waals surface area (Å²) >= 11 is 5.39. The average molecular weight is 242 g/mol. The second-order valence-electron chi connectivity index (χ2n) is 2.92. The molecule has 1 nitrogen and oxygen atoms in total. The largest absolute Gasteiger partial charge is 0.416 e. The molecule has 2 N–H and O–H groups in total. The number of hydrogen-bond donors (Lipinski definition) is 1. The zero-order valence-corrected chi connectivity index (χ0v) is 8.29. The summed E-state index contributed by atoms with van der Waals surface area (Å²) in [6, 6.07) is 1.65. The highest BCUT2D eigenvalue weighted by atomic mass is 35.5. The number of nitrogens with two attached hydrogens (primary N) is 1. The van der Waals surface area contributed by atoms with Gasteiger partial charge in [0.25, 0.3) is 0 Å². The average Bonchev–Trinajstić information content (AvgIpc) is 2.11. The Morgan fingerprint density at radius 3 is 2.33 bits per heavy atom. The lowest BCUT2D eigenvalue weighted by atomic mass is 10.0. The van der Waals surface area contributed by atoms with E-state index < -0.39 is 23.1 Å². The number of alkyl halides is 3. The van der Waals surface area contributed by atoms with Crippen LogP contribution in [0, 0.1) is 5.82 Å². The predicted molar refractivity (Wildman–Crippen MR) is 49.2 cm³/mol.